The molecule has 0 saturated carbocycles. The highest BCUT2D eigenvalue weighted by atomic mass is 31.2. The Balaban J connectivity index is -0.00000112. The molecule has 1 atom stereocenters. The number of phosphoric ester groups is 1. The summed E-state index contributed by atoms with van der Waals surface area (Å²) in [5.74, 6) is -0.168. The normalized spacial score (nSPS) is 13.4. The van der Waals surface area contributed by atoms with Gasteiger partial charge < -0.3 is 15.0 Å². The van der Waals surface area contributed by atoms with Gasteiger partial charge in [-0.15, -0.1) is 0 Å². The van der Waals surface area contributed by atoms with E-state index in [-0.39, 0.29) is 18.9 Å². The van der Waals surface area contributed by atoms with Crippen LogP contribution in [0.3, 0.4) is 0 Å². The SMILES string of the molecule is CC.CC.CO/N=C(\C)CCNC(=O)CC(C)(C)COP(=O)(O)OC. The molecule has 8 nitrogen and oxygen atoms in total. The second kappa shape index (κ2) is 16.5. The van der Waals surface area contributed by atoms with Crippen molar-refractivity contribution in [1.29, 1.82) is 0 Å². The monoisotopic (exact) mass is 384 g/mol. The summed E-state index contributed by atoms with van der Waals surface area (Å²) in [7, 11) is -1.47. The Hall–Kier alpha value is -0.950. The van der Waals surface area contributed by atoms with Gasteiger partial charge in [-0.05, 0) is 12.3 Å². The average Bonchev–Trinajstić information content (AvgIpc) is 2.57. The minimum Gasteiger partial charge on any atom is -0.399 e. The second-order valence-electron chi connectivity index (χ2n) is 5.37. The molecular formula is C16H37N2O6P. The van der Waals surface area contributed by atoms with E-state index in [4.69, 9.17) is 9.42 Å². The first-order valence-corrected chi connectivity index (χ1v) is 9.98. The van der Waals surface area contributed by atoms with Crippen molar-refractivity contribution in [1.82, 2.24) is 5.32 Å². The fourth-order valence-corrected chi connectivity index (χ4v) is 2.06. The molecule has 1 amide bonds. The summed E-state index contributed by atoms with van der Waals surface area (Å²) in [6.07, 6.45) is 0.753. The number of carbonyl (C=O) groups excluding carboxylic acids is 1. The first kappa shape index (κ1) is 28.8. The van der Waals surface area contributed by atoms with Crippen molar-refractivity contribution in [2.24, 2.45) is 10.6 Å². The van der Waals surface area contributed by atoms with Crippen molar-refractivity contribution in [3.8, 4) is 0 Å². The molecule has 152 valence electrons. The van der Waals surface area contributed by atoms with E-state index in [0.717, 1.165) is 12.8 Å². The summed E-state index contributed by atoms with van der Waals surface area (Å²) in [6.45, 7) is 13.7. The molecule has 0 bridgehead atoms. The van der Waals surface area contributed by atoms with Crippen molar-refractivity contribution < 1.29 is 28.1 Å². The fraction of sp³-hybridized carbons (Fsp3) is 0.875. The van der Waals surface area contributed by atoms with Crippen LogP contribution in [0.15, 0.2) is 5.16 Å². The lowest BCUT2D eigenvalue weighted by Gasteiger charge is -2.24. The van der Waals surface area contributed by atoms with Crippen LogP contribution in [-0.2, 0) is 23.2 Å². The van der Waals surface area contributed by atoms with Gasteiger partial charge in [0.25, 0.3) is 0 Å². The molecule has 0 aromatic carbocycles. The third kappa shape index (κ3) is 19.2. The predicted octanol–water partition coefficient (Wildman–Crippen LogP) is 3.75. The Kier molecular flexibility index (Phi) is 19.0. The number of oxime groups is 1. The average molecular weight is 384 g/mol. The van der Waals surface area contributed by atoms with E-state index >= 15 is 0 Å². The van der Waals surface area contributed by atoms with E-state index in [9.17, 15) is 9.36 Å². The van der Waals surface area contributed by atoms with E-state index in [1.54, 1.807) is 20.8 Å². The number of nitrogens with one attached hydrogen (secondary N) is 1. The maximum atomic E-state index is 11.8. The molecule has 0 fully saturated rings. The highest BCUT2D eigenvalue weighted by Gasteiger charge is 2.28. The summed E-state index contributed by atoms with van der Waals surface area (Å²) in [4.78, 5) is 25.6. The number of carbonyl (C=O) groups is 1. The third-order valence-electron chi connectivity index (χ3n) is 2.54. The van der Waals surface area contributed by atoms with E-state index in [1.807, 2.05) is 27.7 Å². The lowest BCUT2D eigenvalue weighted by Crippen LogP contribution is -2.32. The number of rotatable bonds is 10. The number of phosphoric acid groups is 1. The standard InChI is InChI=1S/C12H25N2O6P.2C2H6/c1-10(14-18-4)6-7-13-11(15)8-12(2,3)9-20-21(16,17)19-5;2*1-2/h6-9H2,1-5H3,(H,13,15)(H,16,17);2*1-2H3/b14-10+;;. The maximum Gasteiger partial charge on any atom is 0.471 e. The van der Waals surface area contributed by atoms with Crippen LogP contribution in [0.1, 0.15) is 61.3 Å². The molecule has 0 aromatic heterocycles. The van der Waals surface area contributed by atoms with Crippen LogP contribution in [0.25, 0.3) is 0 Å². The van der Waals surface area contributed by atoms with E-state index < -0.39 is 13.2 Å². The maximum absolute atomic E-state index is 11.8. The molecule has 25 heavy (non-hydrogen) atoms. The summed E-state index contributed by atoms with van der Waals surface area (Å²) in [5.41, 5.74) is 0.193. The molecule has 1 unspecified atom stereocenters. The molecule has 0 saturated heterocycles. The zero-order valence-corrected chi connectivity index (χ0v) is 18.1. The molecule has 9 heteroatoms. The lowest BCUT2D eigenvalue weighted by atomic mass is 9.90. The van der Waals surface area contributed by atoms with Gasteiger partial charge in [-0.2, -0.15) is 0 Å². The molecule has 2 N–H and O–H groups in total. The Labute approximate surface area is 152 Å². The van der Waals surface area contributed by atoms with Crippen LogP contribution >= 0.6 is 7.82 Å². The van der Waals surface area contributed by atoms with Gasteiger partial charge in [0.2, 0.25) is 5.91 Å². The van der Waals surface area contributed by atoms with Gasteiger partial charge in [0.1, 0.15) is 7.11 Å². The van der Waals surface area contributed by atoms with Gasteiger partial charge in [0.15, 0.2) is 0 Å². The summed E-state index contributed by atoms with van der Waals surface area (Å²) in [6, 6.07) is 0. The molecule has 0 aliphatic heterocycles. The summed E-state index contributed by atoms with van der Waals surface area (Å²) < 4.78 is 20.3. The van der Waals surface area contributed by atoms with Crippen molar-refractivity contribution in [2.75, 3.05) is 27.4 Å². The molecular weight excluding hydrogens is 347 g/mol. The zero-order valence-electron chi connectivity index (χ0n) is 17.2. The Morgan fingerprint density at radius 2 is 1.72 bits per heavy atom. The van der Waals surface area contributed by atoms with Crippen LogP contribution in [0, 0.1) is 5.41 Å². The quantitative estimate of drug-likeness (QED) is 0.337. The van der Waals surface area contributed by atoms with Crippen LogP contribution in [0.5, 0.6) is 0 Å². The first-order chi connectivity index (χ1) is 11.6. The second-order valence-corrected chi connectivity index (χ2v) is 6.94. The van der Waals surface area contributed by atoms with Crippen molar-refractivity contribution in [3.05, 3.63) is 0 Å². The van der Waals surface area contributed by atoms with Crippen molar-refractivity contribution >= 4 is 19.4 Å². The molecule has 0 aliphatic carbocycles. The van der Waals surface area contributed by atoms with Gasteiger partial charge in [0, 0.05) is 26.5 Å². The number of hydrogen-bond acceptors (Lipinski definition) is 6. The summed E-state index contributed by atoms with van der Waals surface area (Å²) in [5, 5.41) is 6.48. The molecule has 0 rings (SSSR count). The van der Waals surface area contributed by atoms with Crippen molar-refractivity contribution in [2.45, 2.75) is 61.3 Å². The Morgan fingerprint density at radius 1 is 1.20 bits per heavy atom. The highest BCUT2D eigenvalue weighted by Crippen LogP contribution is 2.43. The number of amides is 1. The summed E-state index contributed by atoms with van der Waals surface area (Å²) >= 11 is 0. The minimum absolute atomic E-state index is 0.0633. The predicted molar refractivity (Wildman–Crippen MR) is 102 cm³/mol. The van der Waals surface area contributed by atoms with Gasteiger partial charge in [-0.1, -0.05) is 46.7 Å². The van der Waals surface area contributed by atoms with Gasteiger partial charge in [-0.3, -0.25) is 13.8 Å². The van der Waals surface area contributed by atoms with Crippen LogP contribution in [0.2, 0.25) is 0 Å². The topological polar surface area (TPSA) is 106 Å². The smallest absolute Gasteiger partial charge is 0.399 e. The van der Waals surface area contributed by atoms with Crippen LogP contribution in [-0.4, -0.2) is 43.9 Å². The molecule has 0 spiro atoms. The lowest BCUT2D eigenvalue weighted by molar-refractivity contribution is -0.123. The van der Waals surface area contributed by atoms with E-state index in [2.05, 4.69) is 19.8 Å². The van der Waals surface area contributed by atoms with Gasteiger partial charge >= 0.3 is 7.82 Å². The van der Waals surface area contributed by atoms with Gasteiger partial charge in [0.05, 0.1) is 12.3 Å². The first-order valence-electron chi connectivity index (χ1n) is 8.48. The molecule has 0 aliphatic rings. The number of nitrogens with zero attached hydrogens (tertiary/aromatic N) is 1. The largest absolute Gasteiger partial charge is 0.471 e. The number of hydrogen-bond donors (Lipinski definition) is 2. The molecule has 0 radical (unpaired) electrons. The zero-order chi connectivity index (χ0) is 20.5. The molecule has 0 aromatic rings. The van der Waals surface area contributed by atoms with Crippen LogP contribution in [0.4, 0.5) is 0 Å². The Bertz CT molecular complexity index is 413. The van der Waals surface area contributed by atoms with E-state index in [0.29, 0.717) is 13.0 Å². The van der Waals surface area contributed by atoms with Crippen LogP contribution < -0.4 is 5.32 Å². The van der Waals surface area contributed by atoms with Crippen molar-refractivity contribution in [3.63, 3.8) is 0 Å². The highest BCUT2D eigenvalue weighted by molar-refractivity contribution is 7.47. The Morgan fingerprint density at radius 3 is 2.16 bits per heavy atom. The fourth-order valence-electron chi connectivity index (χ4n) is 1.44. The molecule has 0 heterocycles. The van der Waals surface area contributed by atoms with E-state index in [1.165, 1.54) is 7.11 Å². The third-order valence-corrected chi connectivity index (χ3v) is 3.46. The van der Waals surface area contributed by atoms with Gasteiger partial charge in [-0.25, -0.2) is 4.57 Å². The minimum atomic E-state index is -4.02.